The number of H-pyrrole nitrogens is 1. The highest BCUT2D eigenvalue weighted by molar-refractivity contribution is 9.10. The summed E-state index contributed by atoms with van der Waals surface area (Å²) >= 11 is 11.1. The molecule has 3 aromatic heterocycles. The molecule has 5 rings (SSSR count). The number of nitrogens with zero attached hydrogens (tertiary/aromatic N) is 3. The van der Waals surface area contributed by atoms with Gasteiger partial charge < -0.3 is 4.98 Å². The lowest BCUT2D eigenvalue weighted by Gasteiger charge is -2.03. The SMILES string of the molecule is CCc1ccccc1.Cc1ccc(Cl)cc1Cc1nc(-c2nc3ncc(Br)cc3[nH]2)cs1. The zero-order chi connectivity index (χ0) is 22.5. The highest BCUT2D eigenvalue weighted by atomic mass is 79.9. The third kappa shape index (κ3) is 5.63. The fourth-order valence-electron chi connectivity index (χ4n) is 3.20. The van der Waals surface area contributed by atoms with Crippen LogP contribution in [-0.2, 0) is 12.8 Å². The fourth-order valence-corrected chi connectivity index (χ4v) is 4.53. The first-order chi connectivity index (χ1) is 15.5. The number of nitrogens with one attached hydrogen (secondary N) is 1. The van der Waals surface area contributed by atoms with E-state index in [-0.39, 0.29) is 0 Å². The van der Waals surface area contributed by atoms with Gasteiger partial charge in [0.15, 0.2) is 11.5 Å². The van der Waals surface area contributed by atoms with Crippen molar-refractivity contribution in [2.24, 2.45) is 0 Å². The van der Waals surface area contributed by atoms with E-state index >= 15 is 0 Å². The van der Waals surface area contributed by atoms with Crippen molar-refractivity contribution in [1.29, 1.82) is 0 Å². The Balaban J connectivity index is 0.000000260. The average molecular weight is 526 g/mol. The Bertz CT molecular complexity index is 1330. The van der Waals surface area contributed by atoms with E-state index in [9.17, 15) is 0 Å². The topological polar surface area (TPSA) is 54.5 Å². The lowest BCUT2D eigenvalue weighted by atomic mass is 10.1. The maximum atomic E-state index is 6.10. The van der Waals surface area contributed by atoms with Gasteiger partial charge in [0.25, 0.3) is 0 Å². The molecule has 2 aromatic carbocycles. The van der Waals surface area contributed by atoms with Crippen molar-refractivity contribution in [2.75, 3.05) is 0 Å². The van der Waals surface area contributed by atoms with Crippen molar-refractivity contribution in [1.82, 2.24) is 19.9 Å². The Hall–Kier alpha value is -2.54. The van der Waals surface area contributed by atoms with Crippen molar-refractivity contribution < 1.29 is 0 Å². The Morgan fingerprint density at radius 3 is 2.62 bits per heavy atom. The molecule has 0 saturated carbocycles. The second-order valence-corrected chi connectivity index (χ2v) is 9.62. The van der Waals surface area contributed by atoms with Crippen LogP contribution in [0, 0.1) is 6.92 Å². The minimum absolute atomic E-state index is 0.688. The van der Waals surface area contributed by atoms with E-state index in [4.69, 9.17) is 16.6 Å². The zero-order valence-electron chi connectivity index (χ0n) is 17.8. The average Bonchev–Trinajstić information content (AvgIpc) is 3.44. The summed E-state index contributed by atoms with van der Waals surface area (Å²) in [6, 6.07) is 18.4. The number of imidazole rings is 1. The van der Waals surface area contributed by atoms with Crippen LogP contribution >= 0.6 is 38.9 Å². The van der Waals surface area contributed by atoms with E-state index in [1.807, 2.05) is 35.7 Å². The number of aromatic nitrogens is 4. The maximum absolute atomic E-state index is 6.10. The molecule has 5 aromatic rings. The molecule has 0 aliphatic carbocycles. The largest absolute Gasteiger partial charge is 0.335 e. The minimum atomic E-state index is 0.688. The smallest absolute Gasteiger partial charge is 0.178 e. The van der Waals surface area contributed by atoms with Crippen LogP contribution < -0.4 is 0 Å². The van der Waals surface area contributed by atoms with E-state index in [2.05, 4.69) is 69.0 Å². The zero-order valence-corrected chi connectivity index (χ0v) is 20.9. The van der Waals surface area contributed by atoms with Crippen molar-refractivity contribution in [2.45, 2.75) is 26.7 Å². The molecule has 162 valence electrons. The number of hydrogen-bond donors (Lipinski definition) is 1. The van der Waals surface area contributed by atoms with Crippen molar-refractivity contribution in [3.05, 3.63) is 97.4 Å². The van der Waals surface area contributed by atoms with Crippen LogP contribution in [0.25, 0.3) is 22.7 Å². The van der Waals surface area contributed by atoms with Gasteiger partial charge in [0.05, 0.1) is 10.5 Å². The number of benzene rings is 2. The number of aromatic amines is 1. The van der Waals surface area contributed by atoms with E-state index in [1.165, 1.54) is 16.7 Å². The molecule has 0 bridgehead atoms. The molecule has 0 spiro atoms. The molecule has 0 amide bonds. The summed E-state index contributed by atoms with van der Waals surface area (Å²) in [5.74, 6) is 0.737. The summed E-state index contributed by atoms with van der Waals surface area (Å²) in [5, 5.41) is 3.80. The molecule has 7 heteroatoms. The lowest BCUT2D eigenvalue weighted by molar-refractivity contribution is 1.11. The fraction of sp³-hybridized carbons (Fsp3) is 0.160. The van der Waals surface area contributed by atoms with Gasteiger partial charge in [-0.1, -0.05) is 54.9 Å². The Morgan fingerprint density at radius 2 is 1.88 bits per heavy atom. The van der Waals surface area contributed by atoms with E-state index in [1.54, 1.807) is 17.5 Å². The van der Waals surface area contributed by atoms with Gasteiger partial charge in [-0.2, -0.15) is 0 Å². The van der Waals surface area contributed by atoms with Gasteiger partial charge in [-0.05, 0) is 64.2 Å². The Labute approximate surface area is 204 Å². The second kappa shape index (κ2) is 10.4. The third-order valence-corrected chi connectivity index (χ3v) is 6.52. The molecule has 0 atom stereocenters. The molecule has 0 fully saturated rings. The summed E-state index contributed by atoms with van der Waals surface area (Å²) in [6.07, 6.45) is 3.64. The van der Waals surface area contributed by atoms with Gasteiger partial charge in [-0.15, -0.1) is 11.3 Å². The summed E-state index contributed by atoms with van der Waals surface area (Å²) in [6.45, 7) is 4.25. The molecule has 0 aliphatic heterocycles. The normalized spacial score (nSPS) is 10.8. The summed E-state index contributed by atoms with van der Waals surface area (Å²) in [5.41, 5.74) is 6.23. The molecule has 0 unspecified atom stereocenters. The minimum Gasteiger partial charge on any atom is -0.335 e. The molecule has 1 N–H and O–H groups in total. The first kappa shape index (κ1) is 22.6. The standard InChI is InChI=1S/C17H12BrClN4S.C8H10/c1-9-2-3-12(19)4-10(9)5-15-21-14(8-24-15)17-22-13-6-11(18)7-20-16(13)23-17;1-2-8-6-4-3-5-7-8/h2-4,6-8H,5H2,1H3,(H,20,22,23);3-7H,2H2,1H3. The summed E-state index contributed by atoms with van der Waals surface area (Å²) in [4.78, 5) is 16.8. The number of fused-ring (bicyclic) bond motifs is 1. The molecular formula is C25H22BrClN4S. The third-order valence-electron chi connectivity index (χ3n) is 5.00. The van der Waals surface area contributed by atoms with Gasteiger partial charge in [0, 0.05) is 27.5 Å². The molecule has 0 radical (unpaired) electrons. The number of thiazole rings is 1. The van der Waals surface area contributed by atoms with Gasteiger partial charge in [-0.25, -0.2) is 15.0 Å². The highest BCUT2D eigenvalue weighted by Crippen LogP contribution is 2.26. The Morgan fingerprint density at radius 1 is 1.06 bits per heavy atom. The number of pyridine rings is 1. The predicted octanol–water partition coefficient (Wildman–Crippen LogP) is 7.65. The quantitative estimate of drug-likeness (QED) is 0.262. The van der Waals surface area contributed by atoms with Crippen LogP contribution in [0.2, 0.25) is 5.02 Å². The summed E-state index contributed by atoms with van der Waals surface area (Å²) in [7, 11) is 0. The highest BCUT2D eigenvalue weighted by Gasteiger charge is 2.12. The number of rotatable bonds is 4. The first-order valence-electron chi connectivity index (χ1n) is 10.3. The number of hydrogen-bond acceptors (Lipinski definition) is 4. The van der Waals surface area contributed by atoms with Gasteiger partial charge in [0.1, 0.15) is 5.69 Å². The van der Waals surface area contributed by atoms with Crippen molar-refractivity contribution >= 4 is 50.0 Å². The van der Waals surface area contributed by atoms with Gasteiger partial charge in [-0.3, -0.25) is 0 Å². The van der Waals surface area contributed by atoms with Crippen LogP contribution in [0.3, 0.4) is 0 Å². The first-order valence-corrected chi connectivity index (χ1v) is 12.3. The van der Waals surface area contributed by atoms with Crippen LogP contribution in [0.15, 0.2) is 70.6 Å². The molecule has 3 heterocycles. The monoisotopic (exact) mass is 524 g/mol. The molecule has 32 heavy (non-hydrogen) atoms. The van der Waals surface area contributed by atoms with Crippen LogP contribution in [0.5, 0.6) is 0 Å². The van der Waals surface area contributed by atoms with Crippen molar-refractivity contribution in [3.63, 3.8) is 0 Å². The summed E-state index contributed by atoms with van der Waals surface area (Å²) < 4.78 is 0.917. The molecular weight excluding hydrogens is 504 g/mol. The van der Waals surface area contributed by atoms with Crippen LogP contribution in [0.1, 0.15) is 28.6 Å². The second-order valence-electron chi connectivity index (χ2n) is 7.32. The lowest BCUT2D eigenvalue weighted by Crippen LogP contribution is -1.91. The number of aryl methyl sites for hydroxylation is 2. The van der Waals surface area contributed by atoms with E-state index in [0.717, 1.165) is 44.4 Å². The van der Waals surface area contributed by atoms with Crippen molar-refractivity contribution in [3.8, 4) is 11.5 Å². The Kier molecular flexibility index (Phi) is 7.35. The molecule has 4 nitrogen and oxygen atoms in total. The predicted molar refractivity (Wildman–Crippen MR) is 138 cm³/mol. The maximum Gasteiger partial charge on any atom is 0.178 e. The molecule has 0 aliphatic rings. The van der Waals surface area contributed by atoms with E-state index < -0.39 is 0 Å². The number of halogens is 2. The van der Waals surface area contributed by atoms with Crippen LogP contribution in [-0.4, -0.2) is 19.9 Å². The van der Waals surface area contributed by atoms with Crippen LogP contribution in [0.4, 0.5) is 0 Å². The van der Waals surface area contributed by atoms with Gasteiger partial charge >= 0.3 is 0 Å². The molecule has 0 saturated heterocycles. The van der Waals surface area contributed by atoms with E-state index in [0.29, 0.717) is 5.65 Å². The van der Waals surface area contributed by atoms with Gasteiger partial charge in [0.2, 0.25) is 0 Å².